The molecule has 0 spiro atoms. The topological polar surface area (TPSA) is 223 Å². The Morgan fingerprint density at radius 2 is 1.57 bits per heavy atom. The van der Waals surface area contributed by atoms with Crippen molar-refractivity contribution in [3.05, 3.63) is 90.5 Å². The summed E-state index contributed by atoms with van der Waals surface area (Å²) in [6.45, 7) is 3.06. The van der Waals surface area contributed by atoms with E-state index < -0.39 is 24.3 Å². The summed E-state index contributed by atoms with van der Waals surface area (Å²) >= 11 is 0. The molecular formula is C37H43ClN10O6. The smallest absolute Gasteiger partial charge is 0.319 e. The molecule has 2 aliphatic rings. The van der Waals surface area contributed by atoms with E-state index in [4.69, 9.17) is 9.97 Å². The van der Waals surface area contributed by atoms with Crippen molar-refractivity contribution < 1.29 is 30.0 Å². The monoisotopic (exact) mass is 758 g/mol. The Balaban J connectivity index is 0.00000497. The van der Waals surface area contributed by atoms with E-state index in [-0.39, 0.29) is 60.6 Å². The lowest BCUT2D eigenvalue weighted by molar-refractivity contribution is -0.122. The number of urea groups is 1. The molecule has 8 N–H and O–H groups in total. The second kappa shape index (κ2) is 16.5. The average molecular weight is 759 g/mol. The molecule has 7 rings (SSSR count). The third-order valence-corrected chi connectivity index (χ3v) is 9.90. The van der Waals surface area contributed by atoms with Gasteiger partial charge in [-0.15, -0.1) is 12.4 Å². The molecule has 2 aromatic carbocycles. The number of carbonyl (C=O) groups is 2. The minimum Gasteiger partial charge on any atom is -0.508 e. The Bertz CT molecular complexity index is 2010. The number of nitrogens with zero attached hydrogens (tertiary/aromatic N) is 6. The van der Waals surface area contributed by atoms with Crippen molar-refractivity contribution in [1.29, 1.82) is 0 Å². The Labute approximate surface area is 317 Å². The van der Waals surface area contributed by atoms with E-state index >= 15 is 0 Å². The summed E-state index contributed by atoms with van der Waals surface area (Å²) in [5.74, 6) is 0.653. The number of phenols is 2. The third-order valence-electron chi connectivity index (χ3n) is 9.90. The van der Waals surface area contributed by atoms with Crippen LogP contribution in [-0.2, 0) is 4.79 Å². The van der Waals surface area contributed by atoms with Crippen molar-refractivity contribution >= 4 is 53.0 Å². The number of hydrogen-bond donors (Lipinski definition) is 8. The fourth-order valence-electron chi connectivity index (χ4n) is 7.04. The molecule has 5 aromatic rings. The number of phenolic OH excluding ortho intramolecular Hbond substituents is 2. The van der Waals surface area contributed by atoms with Gasteiger partial charge in [0.05, 0.1) is 18.4 Å². The number of pyridine rings is 1. The molecule has 0 bridgehead atoms. The number of aliphatic hydroxyl groups excluding tert-OH is 2. The average Bonchev–Trinajstić information content (AvgIpc) is 3.88. The van der Waals surface area contributed by atoms with E-state index in [0.29, 0.717) is 54.7 Å². The van der Waals surface area contributed by atoms with Gasteiger partial charge in [0.2, 0.25) is 11.9 Å². The SMILES string of the molecule is CCC(=O)N[C@H]1C[C@@H](n2cnc3c(NCC(c4ccc(O)cc4)c4ccc(O)cc4)nc(N4CCC(NC(=O)Nc5ccncc5)C4)nc32)[C@H](O)[C@@H]1O.Cl. The largest absolute Gasteiger partial charge is 0.508 e. The molecule has 1 saturated carbocycles. The molecule has 2 fully saturated rings. The van der Waals surface area contributed by atoms with Gasteiger partial charge in [-0.1, -0.05) is 31.2 Å². The Hall–Kier alpha value is -5.71. The lowest BCUT2D eigenvalue weighted by Crippen LogP contribution is -2.42. The van der Waals surface area contributed by atoms with E-state index in [0.717, 1.165) is 11.1 Å². The lowest BCUT2D eigenvalue weighted by Gasteiger charge is -2.22. The molecule has 0 radical (unpaired) electrons. The van der Waals surface area contributed by atoms with Crippen molar-refractivity contribution in [3.63, 3.8) is 0 Å². The minimum atomic E-state index is -1.20. The van der Waals surface area contributed by atoms with Crippen LogP contribution in [0.1, 0.15) is 49.3 Å². The van der Waals surface area contributed by atoms with Gasteiger partial charge in [-0.05, 0) is 60.4 Å². The number of benzene rings is 2. The Kier molecular flexibility index (Phi) is 11.6. The molecule has 54 heavy (non-hydrogen) atoms. The zero-order chi connectivity index (χ0) is 37.1. The number of nitrogens with one attached hydrogen (secondary N) is 4. The van der Waals surface area contributed by atoms with Crippen LogP contribution in [-0.4, -0.2) is 101 Å². The highest BCUT2D eigenvalue weighted by molar-refractivity contribution is 5.89. The third kappa shape index (κ3) is 8.25. The number of hydrogen-bond acceptors (Lipinski definition) is 12. The summed E-state index contributed by atoms with van der Waals surface area (Å²) in [5, 5.41) is 54.2. The van der Waals surface area contributed by atoms with Crippen molar-refractivity contribution in [1.82, 2.24) is 35.1 Å². The van der Waals surface area contributed by atoms with Gasteiger partial charge >= 0.3 is 6.03 Å². The highest BCUT2D eigenvalue weighted by atomic mass is 35.5. The molecule has 1 saturated heterocycles. The second-order valence-corrected chi connectivity index (χ2v) is 13.4. The number of halogens is 1. The van der Waals surface area contributed by atoms with Crippen LogP contribution in [0.2, 0.25) is 0 Å². The predicted octanol–water partition coefficient (Wildman–Crippen LogP) is 3.26. The van der Waals surface area contributed by atoms with Crippen molar-refractivity contribution in [2.75, 3.05) is 35.2 Å². The summed E-state index contributed by atoms with van der Waals surface area (Å²) in [4.78, 5) is 45.5. The standard InChI is InChI=1S/C37H42N10O6.ClH/c1-2-30(50)43-28-17-29(33(52)32(28)51)47-20-40-31-34(39-18-27(21-3-7-25(48)8-4-21)22-5-9-26(49)10-6-22)44-36(45-35(31)47)46-16-13-24(19-46)42-37(53)41-23-11-14-38-15-12-23;/h3-12,14-15,20,24,27-29,32-33,48-49,51-52H,2,13,16-19H2,1H3,(H,43,50)(H,39,44,45)(H2,38,41,42,53);1H/t24?,28-,29+,32+,33-;/m0./s1. The van der Waals surface area contributed by atoms with Gasteiger partial charge in [0.1, 0.15) is 23.7 Å². The van der Waals surface area contributed by atoms with Crippen LogP contribution in [0.4, 0.5) is 22.2 Å². The zero-order valence-corrected chi connectivity index (χ0v) is 30.2. The van der Waals surface area contributed by atoms with Gasteiger partial charge in [0.25, 0.3) is 0 Å². The molecule has 3 amide bonds. The number of anilines is 3. The molecule has 1 aliphatic heterocycles. The van der Waals surface area contributed by atoms with E-state index in [1.54, 1.807) is 66.6 Å². The molecule has 4 heterocycles. The van der Waals surface area contributed by atoms with Crippen LogP contribution in [0.3, 0.4) is 0 Å². The van der Waals surface area contributed by atoms with Gasteiger partial charge in [-0.25, -0.2) is 9.78 Å². The van der Waals surface area contributed by atoms with Crippen LogP contribution in [0.15, 0.2) is 79.4 Å². The van der Waals surface area contributed by atoms with Crippen LogP contribution >= 0.6 is 12.4 Å². The van der Waals surface area contributed by atoms with E-state index in [1.807, 2.05) is 29.2 Å². The van der Waals surface area contributed by atoms with Crippen molar-refractivity contribution in [2.45, 2.75) is 62.4 Å². The van der Waals surface area contributed by atoms with Gasteiger partial charge in [-0.3, -0.25) is 9.78 Å². The van der Waals surface area contributed by atoms with E-state index in [9.17, 15) is 30.0 Å². The number of amides is 3. The molecule has 1 aliphatic carbocycles. The first kappa shape index (κ1) is 38.0. The first-order valence-electron chi connectivity index (χ1n) is 17.6. The first-order valence-corrected chi connectivity index (χ1v) is 17.6. The number of imidazole rings is 1. The zero-order valence-electron chi connectivity index (χ0n) is 29.4. The molecule has 1 unspecified atom stereocenters. The molecule has 16 nitrogen and oxygen atoms in total. The van der Waals surface area contributed by atoms with Crippen LogP contribution in [0.25, 0.3) is 11.2 Å². The highest BCUT2D eigenvalue weighted by Crippen LogP contribution is 2.36. The lowest BCUT2D eigenvalue weighted by atomic mass is 9.91. The summed E-state index contributed by atoms with van der Waals surface area (Å²) in [6.07, 6.45) is 3.52. The van der Waals surface area contributed by atoms with Crippen LogP contribution in [0, 0.1) is 0 Å². The second-order valence-electron chi connectivity index (χ2n) is 13.4. The van der Waals surface area contributed by atoms with Crippen molar-refractivity contribution in [3.8, 4) is 11.5 Å². The van der Waals surface area contributed by atoms with Gasteiger partial charge in [0.15, 0.2) is 17.0 Å². The number of aromatic nitrogens is 5. The summed E-state index contributed by atoms with van der Waals surface area (Å²) in [7, 11) is 0. The van der Waals surface area contributed by atoms with Crippen molar-refractivity contribution in [2.24, 2.45) is 0 Å². The molecule has 5 atom stereocenters. The number of aliphatic hydroxyl groups is 2. The van der Waals surface area contributed by atoms with Gasteiger partial charge < -0.3 is 51.2 Å². The van der Waals surface area contributed by atoms with Crippen LogP contribution in [0.5, 0.6) is 11.5 Å². The number of carbonyl (C=O) groups excluding carboxylic acids is 2. The maximum atomic E-state index is 12.8. The van der Waals surface area contributed by atoms with E-state index in [2.05, 4.69) is 31.2 Å². The Morgan fingerprint density at radius 1 is 0.907 bits per heavy atom. The maximum Gasteiger partial charge on any atom is 0.319 e. The van der Waals surface area contributed by atoms with Crippen LogP contribution < -0.4 is 26.2 Å². The number of aromatic hydroxyl groups is 2. The number of rotatable bonds is 11. The van der Waals surface area contributed by atoms with Gasteiger partial charge in [0, 0.05) is 56.1 Å². The summed E-state index contributed by atoms with van der Waals surface area (Å²) in [5.41, 5.74) is 3.32. The van der Waals surface area contributed by atoms with E-state index in [1.165, 1.54) is 0 Å². The molecule has 17 heteroatoms. The predicted molar refractivity (Wildman–Crippen MR) is 204 cm³/mol. The summed E-state index contributed by atoms with van der Waals surface area (Å²) in [6, 6.07) is 15.4. The molecular weight excluding hydrogens is 716 g/mol. The maximum absolute atomic E-state index is 12.8. The highest BCUT2D eigenvalue weighted by Gasteiger charge is 2.44. The quantitative estimate of drug-likeness (QED) is 0.0973. The normalized spacial score (nSPS) is 20.8. The first-order chi connectivity index (χ1) is 25.7. The van der Waals surface area contributed by atoms with Gasteiger partial charge in [-0.2, -0.15) is 9.97 Å². The number of fused-ring (bicyclic) bond motifs is 1. The molecule has 3 aromatic heterocycles. The Morgan fingerprint density at radius 3 is 2.22 bits per heavy atom. The molecule has 284 valence electrons. The minimum absolute atomic E-state index is 0. The summed E-state index contributed by atoms with van der Waals surface area (Å²) < 4.78 is 1.73. The fourth-order valence-corrected chi connectivity index (χ4v) is 7.04. The fraction of sp³-hybridized carbons (Fsp3) is 0.351.